The molecule has 1 saturated heterocycles. The molecular formula is C14H21NO2. The van der Waals surface area contributed by atoms with E-state index < -0.39 is 0 Å². The highest BCUT2D eigenvalue weighted by atomic mass is 16.5. The molecule has 2 N–H and O–H groups in total. The van der Waals surface area contributed by atoms with Crippen LogP contribution in [0.15, 0.2) is 24.3 Å². The van der Waals surface area contributed by atoms with E-state index in [1.165, 1.54) is 5.56 Å². The minimum absolute atomic E-state index is 0.311. The Balaban J connectivity index is 1.91. The van der Waals surface area contributed by atoms with Gasteiger partial charge in [-0.3, -0.25) is 0 Å². The summed E-state index contributed by atoms with van der Waals surface area (Å²) < 4.78 is 5.54. The predicted octanol–water partition coefficient (Wildman–Crippen LogP) is 2.61. The summed E-state index contributed by atoms with van der Waals surface area (Å²) in [4.78, 5) is 0. The third-order valence-corrected chi connectivity index (χ3v) is 3.36. The summed E-state index contributed by atoms with van der Waals surface area (Å²) in [6.45, 7) is 5.13. The van der Waals surface area contributed by atoms with E-state index in [9.17, 15) is 5.11 Å². The van der Waals surface area contributed by atoms with Crippen LogP contribution in [0.5, 0.6) is 5.75 Å². The Labute approximate surface area is 103 Å². The smallest absolute Gasteiger partial charge is 0.115 e. The third kappa shape index (κ3) is 3.45. The molecule has 3 nitrogen and oxygen atoms in total. The van der Waals surface area contributed by atoms with Gasteiger partial charge in [-0.1, -0.05) is 12.1 Å². The zero-order valence-corrected chi connectivity index (χ0v) is 10.5. The van der Waals surface area contributed by atoms with Gasteiger partial charge in [-0.15, -0.1) is 0 Å². The maximum Gasteiger partial charge on any atom is 0.115 e. The van der Waals surface area contributed by atoms with E-state index in [0.29, 0.717) is 23.9 Å². The van der Waals surface area contributed by atoms with Gasteiger partial charge in [0.25, 0.3) is 0 Å². The Kier molecular flexibility index (Phi) is 4.02. The molecule has 1 aliphatic heterocycles. The fourth-order valence-electron chi connectivity index (χ4n) is 2.36. The van der Waals surface area contributed by atoms with Crippen molar-refractivity contribution in [1.29, 1.82) is 0 Å². The summed E-state index contributed by atoms with van der Waals surface area (Å²) in [6, 6.07) is 8.25. The number of phenolic OH excluding ortho intramolecular Hbond substituents is 1. The second-order valence-corrected chi connectivity index (χ2v) is 4.88. The van der Waals surface area contributed by atoms with Gasteiger partial charge in [0.05, 0.1) is 6.10 Å². The van der Waals surface area contributed by atoms with Gasteiger partial charge in [0.2, 0.25) is 0 Å². The van der Waals surface area contributed by atoms with Crippen molar-refractivity contribution in [2.24, 2.45) is 0 Å². The first-order valence-corrected chi connectivity index (χ1v) is 6.31. The van der Waals surface area contributed by atoms with Crippen molar-refractivity contribution < 1.29 is 9.84 Å². The fraction of sp³-hybridized carbons (Fsp3) is 0.571. The Morgan fingerprint density at radius 1 is 1.35 bits per heavy atom. The SMILES string of the molecule is CC1CC(NC(C)c2ccc(O)cc2)CCO1. The van der Waals surface area contributed by atoms with Gasteiger partial charge in [-0.2, -0.15) is 0 Å². The van der Waals surface area contributed by atoms with Crippen molar-refractivity contribution in [2.75, 3.05) is 6.61 Å². The quantitative estimate of drug-likeness (QED) is 0.846. The van der Waals surface area contributed by atoms with Crippen LogP contribution in [0.4, 0.5) is 0 Å². The van der Waals surface area contributed by atoms with Gasteiger partial charge >= 0.3 is 0 Å². The van der Waals surface area contributed by atoms with Crippen molar-refractivity contribution in [3.63, 3.8) is 0 Å². The van der Waals surface area contributed by atoms with Crippen LogP contribution in [0, 0.1) is 0 Å². The van der Waals surface area contributed by atoms with E-state index in [0.717, 1.165) is 19.4 Å². The van der Waals surface area contributed by atoms with Crippen molar-refractivity contribution in [1.82, 2.24) is 5.32 Å². The molecular weight excluding hydrogens is 214 g/mol. The van der Waals surface area contributed by atoms with Crippen LogP contribution >= 0.6 is 0 Å². The molecule has 0 aromatic heterocycles. The van der Waals surface area contributed by atoms with Crippen LogP contribution in [0.3, 0.4) is 0 Å². The van der Waals surface area contributed by atoms with E-state index in [2.05, 4.69) is 19.2 Å². The molecule has 0 saturated carbocycles. The Morgan fingerprint density at radius 3 is 2.71 bits per heavy atom. The highest BCUT2D eigenvalue weighted by molar-refractivity contribution is 5.27. The number of benzene rings is 1. The van der Waals surface area contributed by atoms with Gasteiger partial charge in [-0.05, 0) is 44.4 Å². The number of hydrogen-bond acceptors (Lipinski definition) is 3. The lowest BCUT2D eigenvalue weighted by Crippen LogP contribution is -2.39. The summed E-state index contributed by atoms with van der Waals surface area (Å²) >= 11 is 0. The maximum absolute atomic E-state index is 9.26. The number of aromatic hydroxyl groups is 1. The first-order chi connectivity index (χ1) is 8.15. The summed E-state index contributed by atoms with van der Waals surface area (Å²) in [6.07, 6.45) is 2.50. The van der Waals surface area contributed by atoms with Crippen LogP contribution < -0.4 is 5.32 Å². The Morgan fingerprint density at radius 2 is 2.06 bits per heavy atom. The Hall–Kier alpha value is -1.06. The molecule has 3 unspecified atom stereocenters. The van der Waals surface area contributed by atoms with E-state index in [1.807, 2.05) is 12.1 Å². The van der Waals surface area contributed by atoms with E-state index in [4.69, 9.17) is 4.74 Å². The molecule has 1 heterocycles. The molecule has 94 valence electrons. The topological polar surface area (TPSA) is 41.5 Å². The average molecular weight is 235 g/mol. The van der Waals surface area contributed by atoms with Crippen molar-refractivity contribution in [3.05, 3.63) is 29.8 Å². The van der Waals surface area contributed by atoms with Crippen LogP contribution in [-0.4, -0.2) is 23.9 Å². The summed E-state index contributed by atoms with van der Waals surface area (Å²) in [5.41, 5.74) is 1.21. The molecule has 0 amide bonds. The monoisotopic (exact) mass is 235 g/mol. The largest absolute Gasteiger partial charge is 0.508 e. The Bertz CT molecular complexity index is 350. The van der Waals surface area contributed by atoms with Crippen molar-refractivity contribution >= 4 is 0 Å². The molecule has 1 aromatic rings. The van der Waals surface area contributed by atoms with Crippen LogP contribution in [0.1, 0.15) is 38.3 Å². The number of hydrogen-bond donors (Lipinski definition) is 2. The van der Waals surface area contributed by atoms with Crippen molar-refractivity contribution in [3.8, 4) is 5.75 Å². The number of ether oxygens (including phenoxy) is 1. The van der Waals surface area contributed by atoms with Gasteiger partial charge in [-0.25, -0.2) is 0 Å². The molecule has 17 heavy (non-hydrogen) atoms. The number of phenols is 1. The predicted molar refractivity (Wildman–Crippen MR) is 68.1 cm³/mol. The third-order valence-electron chi connectivity index (χ3n) is 3.36. The molecule has 0 aliphatic carbocycles. The van der Waals surface area contributed by atoms with Gasteiger partial charge < -0.3 is 15.2 Å². The lowest BCUT2D eigenvalue weighted by molar-refractivity contribution is 0.0116. The summed E-state index contributed by atoms with van der Waals surface area (Å²) in [5, 5.41) is 12.9. The zero-order valence-electron chi connectivity index (χ0n) is 10.5. The highest BCUT2D eigenvalue weighted by Crippen LogP contribution is 2.20. The number of nitrogens with one attached hydrogen (secondary N) is 1. The summed E-state index contributed by atoms with van der Waals surface area (Å²) in [5.74, 6) is 0.320. The van der Waals surface area contributed by atoms with Crippen LogP contribution in [0.25, 0.3) is 0 Å². The minimum Gasteiger partial charge on any atom is -0.508 e. The molecule has 0 spiro atoms. The fourth-order valence-corrected chi connectivity index (χ4v) is 2.36. The standard InChI is InChI=1S/C14H21NO2/c1-10-9-13(7-8-17-10)15-11(2)12-3-5-14(16)6-4-12/h3-6,10-11,13,15-16H,7-9H2,1-2H3. The molecule has 1 aliphatic rings. The normalized spacial score (nSPS) is 26.7. The van der Waals surface area contributed by atoms with Crippen LogP contribution in [0.2, 0.25) is 0 Å². The molecule has 0 bridgehead atoms. The first kappa shape index (κ1) is 12.4. The first-order valence-electron chi connectivity index (χ1n) is 6.31. The molecule has 3 heteroatoms. The maximum atomic E-state index is 9.26. The van der Waals surface area contributed by atoms with E-state index in [-0.39, 0.29) is 0 Å². The lowest BCUT2D eigenvalue weighted by Gasteiger charge is -2.30. The second-order valence-electron chi connectivity index (χ2n) is 4.88. The zero-order chi connectivity index (χ0) is 12.3. The van der Waals surface area contributed by atoms with E-state index in [1.54, 1.807) is 12.1 Å². The molecule has 1 aromatic carbocycles. The highest BCUT2D eigenvalue weighted by Gasteiger charge is 2.20. The average Bonchev–Trinajstić information content (AvgIpc) is 2.29. The molecule has 0 radical (unpaired) electrons. The van der Waals surface area contributed by atoms with E-state index >= 15 is 0 Å². The molecule has 1 fully saturated rings. The van der Waals surface area contributed by atoms with Gasteiger partial charge in [0.15, 0.2) is 0 Å². The van der Waals surface area contributed by atoms with Gasteiger partial charge in [0.1, 0.15) is 5.75 Å². The summed E-state index contributed by atoms with van der Waals surface area (Å²) in [7, 11) is 0. The number of rotatable bonds is 3. The van der Waals surface area contributed by atoms with Crippen molar-refractivity contribution in [2.45, 2.75) is 44.9 Å². The minimum atomic E-state index is 0.311. The molecule has 2 rings (SSSR count). The van der Waals surface area contributed by atoms with Gasteiger partial charge in [0, 0.05) is 18.7 Å². The second kappa shape index (κ2) is 5.52. The van der Waals surface area contributed by atoms with Crippen LogP contribution in [-0.2, 0) is 4.74 Å². The molecule has 3 atom stereocenters. The lowest BCUT2D eigenvalue weighted by atomic mass is 10.0.